The van der Waals surface area contributed by atoms with Gasteiger partial charge < -0.3 is 4.57 Å². The summed E-state index contributed by atoms with van der Waals surface area (Å²) in [6.45, 7) is 0. The van der Waals surface area contributed by atoms with Crippen LogP contribution < -0.4 is 0 Å². The molecule has 2 nitrogen and oxygen atoms in total. The molecule has 0 spiro atoms. The Kier molecular flexibility index (Phi) is 6.84. The Hall–Kier alpha value is -0.990. The summed E-state index contributed by atoms with van der Waals surface area (Å²) in [7, 11) is 2.13. The maximum absolute atomic E-state index is 5.97. The maximum atomic E-state index is 5.97. The van der Waals surface area contributed by atoms with Crippen molar-refractivity contribution in [3.05, 3.63) is 41.2 Å². The molecule has 1 aliphatic rings. The predicted octanol–water partition coefficient (Wildman–Crippen LogP) is 6.35. The summed E-state index contributed by atoms with van der Waals surface area (Å²) >= 11 is 11.9. The highest BCUT2D eigenvalue weighted by atomic mass is 35.5. The lowest BCUT2D eigenvalue weighted by atomic mass is 9.91. The molecule has 0 amide bonds. The molecule has 1 heterocycles. The van der Waals surface area contributed by atoms with Gasteiger partial charge in [0.1, 0.15) is 5.82 Å². The summed E-state index contributed by atoms with van der Waals surface area (Å²) in [6.07, 6.45) is 11.8. The lowest BCUT2D eigenvalue weighted by Gasteiger charge is -2.15. The van der Waals surface area contributed by atoms with Gasteiger partial charge in [0.25, 0.3) is 0 Å². The summed E-state index contributed by atoms with van der Waals surface area (Å²) < 4.78 is 2.24. The van der Waals surface area contributed by atoms with Crippen LogP contribution in [0.25, 0.3) is 11.0 Å². The number of unbranched alkanes of at least 4 members (excludes halogenated alkanes) is 1. The van der Waals surface area contributed by atoms with Crippen molar-refractivity contribution < 1.29 is 0 Å². The van der Waals surface area contributed by atoms with Crippen LogP contribution in [0.5, 0.6) is 0 Å². The Balaban J connectivity index is 1.71. The van der Waals surface area contributed by atoms with Gasteiger partial charge in [0.15, 0.2) is 0 Å². The van der Waals surface area contributed by atoms with Gasteiger partial charge in [0.2, 0.25) is 0 Å². The number of halogens is 2. The fourth-order valence-electron chi connectivity index (χ4n) is 3.64. The number of alkyl halides is 2. The molecule has 0 aliphatic heterocycles. The van der Waals surface area contributed by atoms with Gasteiger partial charge in [-0.15, -0.1) is 23.2 Å². The summed E-state index contributed by atoms with van der Waals surface area (Å²) in [5.41, 5.74) is 5.28. The second-order valence-electron chi connectivity index (χ2n) is 7.10. The fourth-order valence-corrected chi connectivity index (χ4v) is 4.16. The van der Waals surface area contributed by atoms with E-state index in [0.717, 1.165) is 24.8 Å². The second-order valence-corrected chi connectivity index (χ2v) is 7.85. The molecular weight excluding hydrogens is 351 g/mol. The van der Waals surface area contributed by atoms with Crippen LogP contribution in [-0.2, 0) is 13.5 Å². The van der Waals surface area contributed by atoms with Crippen molar-refractivity contribution in [2.45, 2.75) is 57.3 Å². The van der Waals surface area contributed by atoms with E-state index >= 15 is 0 Å². The number of hydrogen-bond donors (Lipinski definition) is 0. The minimum Gasteiger partial charge on any atom is -0.331 e. The van der Waals surface area contributed by atoms with E-state index in [9.17, 15) is 0 Å². The average molecular weight is 379 g/mol. The third kappa shape index (κ3) is 4.60. The Morgan fingerprint density at radius 3 is 2.60 bits per heavy atom. The zero-order valence-corrected chi connectivity index (χ0v) is 16.6. The van der Waals surface area contributed by atoms with Gasteiger partial charge in [0.05, 0.1) is 11.0 Å². The number of aryl methyl sites for hydroxylation is 2. The normalized spacial score (nSPS) is 14.3. The fraction of sp³-hybridized carbons (Fsp3) is 0.571. The molecule has 1 saturated carbocycles. The summed E-state index contributed by atoms with van der Waals surface area (Å²) in [5, 5.41) is 0. The summed E-state index contributed by atoms with van der Waals surface area (Å²) in [6, 6.07) is 6.66. The molecule has 4 heteroatoms. The lowest BCUT2D eigenvalue weighted by Crippen LogP contribution is -2.01. The van der Waals surface area contributed by atoms with Crippen molar-refractivity contribution in [3.8, 4) is 0 Å². The smallest absolute Gasteiger partial charge is 0.109 e. The van der Waals surface area contributed by atoms with Gasteiger partial charge in [-0.05, 0) is 68.6 Å². The molecule has 2 aromatic rings. The molecule has 3 rings (SSSR count). The highest BCUT2D eigenvalue weighted by Crippen LogP contribution is 2.28. The van der Waals surface area contributed by atoms with Gasteiger partial charge in [-0.25, -0.2) is 4.98 Å². The first-order chi connectivity index (χ1) is 12.2. The van der Waals surface area contributed by atoms with Crippen LogP contribution in [0.2, 0.25) is 0 Å². The Bertz CT molecular complexity index is 721. The first-order valence-electron chi connectivity index (χ1n) is 9.48. The van der Waals surface area contributed by atoms with Crippen molar-refractivity contribution in [2.24, 2.45) is 7.05 Å². The number of nitrogens with zero attached hydrogens (tertiary/aromatic N) is 2. The van der Waals surface area contributed by atoms with E-state index in [2.05, 4.69) is 35.9 Å². The van der Waals surface area contributed by atoms with Crippen LogP contribution >= 0.6 is 23.2 Å². The van der Waals surface area contributed by atoms with Crippen molar-refractivity contribution in [2.75, 3.05) is 11.8 Å². The molecule has 0 saturated heterocycles. The van der Waals surface area contributed by atoms with E-state index in [1.54, 1.807) is 5.57 Å². The molecule has 0 bridgehead atoms. The van der Waals surface area contributed by atoms with E-state index in [0.29, 0.717) is 17.7 Å². The van der Waals surface area contributed by atoms with E-state index in [1.165, 1.54) is 49.0 Å². The summed E-state index contributed by atoms with van der Waals surface area (Å²) in [5.74, 6) is 2.95. The largest absolute Gasteiger partial charge is 0.331 e. The molecule has 0 radical (unpaired) electrons. The molecule has 25 heavy (non-hydrogen) atoms. The highest BCUT2D eigenvalue weighted by Gasteiger charge is 2.14. The minimum atomic E-state index is 0.430. The van der Waals surface area contributed by atoms with Gasteiger partial charge >= 0.3 is 0 Å². The van der Waals surface area contributed by atoms with Crippen molar-refractivity contribution in [1.82, 2.24) is 9.55 Å². The van der Waals surface area contributed by atoms with E-state index in [4.69, 9.17) is 28.2 Å². The number of fused-ring (bicyclic) bond motifs is 1. The zero-order chi connectivity index (χ0) is 17.6. The van der Waals surface area contributed by atoms with Crippen LogP contribution in [0, 0.1) is 0 Å². The predicted molar refractivity (Wildman–Crippen MR) is 109 cm³/mol. The third-order valence-electron chi connectivity index (χ3n) is 5.42. The maximum Gasteiger partial charge on any atom is 0.109 e. The SMILES string of the molecule is Cn1c(CCCC=C2CCC2)nc2cc(C(CCCl)CCCl)ccc21. The Morgan fingerprint density at radius 1 is 1.20 bits per heavy atom. The monoisotopic (exact) mass is 378 g/mol. The zero-order valence-electron chi connectivity index (χ0n) is 15.1. The number of hydrogen-bond acceptors (Lipinski definition) is 1. The first-order valence-corrected chi connectivity index (χ1v) is 10.5. The van der Waals surface area contributed by atoms with E-state index in [1.807, 2.05) is 0 Å². The van der Waals surface area contributed by atoms with Crippen LogP contribution in [0.3, 0.4) is 0 Å². The molecular formula is C21H28Cl2N2. The van der Waals surface area contributed by atoms with Gasteiger partial charge in [-0.1, -0.05) is 17.7 Å². The van der Waals surface area contributed by atoms with Gasteiger partial charge in [-0.2, -0.15) is 0 Å². The Labute approximate surface area is 161 Å². The molecule has 0 unspecified atom stereocenters. The number of allylic oxidation sites excluding steroid dienone is 2. The summed E-state index contributed by atoms with van der Waals surface area (Å²) in [4.78, 5) is 4.90. The number of benzene rings is 1. The number of aromatic nitrogens is 2. The Morgan fingerprint density at radius 2 is 1.96 bits per heavy atom. The molecule has 1 aromatic carbocycles. The number of rotatable bonds is 9. The molecule has 1 aromatic heterocycles. The van der Waals surface area contributed by atoms with Crippen molar-refractivity contribution >= 4 is 34.2 Å². The van der Waals surface area contributed by atoms with Crippen molar-refractivity contribution in [3.63, 3.8) is 0 Å². The van der Waals surface area contributed by atoms with Crippen LogP contribution in [-0.4, -0.2) is 21.3 Å². The van der Waals surface area contributed by atoms with Gasteiger partial charge in [-0.3, -0.25) is 0 Å². The molecule has 0 atom stereocenters. The van der Waals surface area contributed by atoms with E-state index in [-0.39, 0.29) is 0 Å². The third-order valence-corrected chi connectivity index (χ3v) is 5.85. The molecule has 136 valence electrons. The number of imidazole rings is 1. The second kappa shape index (κ2) is 9.09. The average Bonchev–Trinajstić information content (AvgIpc) is 2.88. The molecule has 1 aliphatic carbocycles. The van der Waals surface area contributed by atoms with Crippen LogP contribution in [0.15, 0.2) is 29.8 Å². The topological polar surface area (TPSA) is 17.8 Å². The highest BCUT2D eigenvalue weighted by molar-refractivity contribution is 6.18. The van der Waals surface area contributed by atoms with Gasteiger partial charge in [0, 0.05) is 25.2 Å². The molecule has 1 fully saturated rings. The molecule has 0 N–H and O–H groups in total. The lowest BCUT2D eigenvalue weighted by molar-refractivity contribution is 0.649. The first kappa shape index (κ1) is 18.8. The van der Waals surface area contributed by atoms with E-state index < -0.39 is 0 Å². The van der Waals surface area contributed by atoms with Crippen molar-refractivity contribution in [1.29, 1.82) is 0 Å². The van der Waals surface area contributed by atoms with Crippen LogP contribution in [0.1, 0.15) is 62.3 Å². The minimum absolute atomic E-state index is 0.430. The van der Waals surface area contributed by atoms with Crippen LogP contribution in [0.4, 0.5) is 0 Å². The quantitative estimate of drug-likeness (QED) is 0.282. The standard InChI is InChI=1S/C21H28Cl2N2/c1-25-20-10-9-18(17(11-13-22)12-14-23)15-19(20)24-21(25)8-3-2-5-16-6-4-7-16/h5,9-10,15,17H,2-4,6-8,11-14H2,1H3.